The fourth-order valence-electron chi connectivity index (χ4n) is 2.43. The van der Waals surface area contributed by atoms with Crippen molar-refractivity contribution in [1.82, 2.24) is 9.97 Å². The Labute approximate surface area is 121 Å². The van der Waals surface area contributed by atoms with Crippen LogP contribution < -0.4 is 10.6 Å². The van der Waals surface area contributed by atoms with Crippen molar-refractivity contribution in [1.29, 1.82) is 0 Å². The van der Waals surface area contributed by atoms with E-state index in [2.05, 4.69) is 34.4 Å². The number of aromatic nitrogens is 2. The maximum absolute atomic E-state index is 9.13. The second-order valence-corrected chi connectivity index (χ2v) is 5.67. The van der Waals surface area contributed by atoms with Crippen molar-refractivity contribution in [3.05, 3.63) is 11.4 Å². The Morgan fingerprint density at radius 3 is 2.30 bits per heavy atom. The van der Waals surface area contributed by atoms with Crippen LogP contribution in [0.15, 0.2) is 0 Å². The number of nitrogens with zero attached hydrogens (tertiary/aromatic N) is 2. The van der Waals surface area contributed by atoms with E-state index < -0.39 is 0 Å². The van der Waals surface area contributed by atoms with Gasteiger partial charge in [0.15, 0.2) is 0 Å². The number of aryl methyl sites for hydroxylation is 1. The Kier molecular flexibility index (Phi) is 4.81. The van der Waals surface area contributed by atoms with Gasteiger partial charge < -0.3 is 15.7 Å². The number of nitrogens with one attached hydrogen (secondary N) is 2. The molecule has 0 aromatic carbocycles. The van der Waals surface area contributed by atoms with E-state index in [4.69, 9.17) is 5.11 Å². The SMILES string of the molecule is CCNc1nc(CC)nc(NCC2(CCO)CC2)c1C. The molecule has 5 nitrogen and oxygen atoms in total. The van der Waals surface area contributed by atoms with Crippen LogP contribution in [0, 0.1) is 12.3 Å². The lowest BCUT2D eigenvalue weighted by molar-refractivity contribution is 0.253. The van der Waals surface area contributed by atoms with Gasteiger partial charge in [-0.05, 0) is 38.5 Å². The van der Waals surface area contributed by atoms with Crippen LogP contribution in [0.25, 0.3) is 0 Å². The van der Waals surface area contributed by atoms with Crippen LogP contribution in [0.5, 0.6) is 0 Å². The van der Waals surface area contributed by atoms with Crippen LogP contribution in [0.3, 0.4) is 0 Å². The van der Waals surface area contributed by atoms with E-state index in [1.165, 1.54) is 12.8 Å². The summed E-state index contributed by atoms with van der Waals surface area (Å²) in [6, 6.07) is 0. The molecule has 20 heavy (non-hydrogen) atoms. The standard InChI is InChI=1S/C15H26N4O/c1-4-12-18-13(16-5-2)11(3)14(19-12)17-10-15(6-7-15)8-9-20/h20H,4-10H2,1-3H3,(H2,16,17,18,19). The van der Waals surface area contributed by atoms with Crippen LogP contribution in [0.1, 0.15) is 44.5 Å². The van der Waals surface area contributed by atoms with Gasteiger partial charge in [-0.15, -0.1) is 0 Å². The summed E-state index contributed by atoms with van der Waals surface area (Å²) in [6.07, 6.45) is 4.11. The van der Waals surface area contributed by atoms with Crippen LogP contribution in [0.2, 0.25) is 0 Å². The van der Waals surface area contributed by atoms with Crippen LogP contribution in [-0.2, 0) is 6.42 Å². The highest BCUT2D eigenvalue weighted by Gasteiger charge is 2.41. The van der Waals surface area contributed by atoms with E-state index in [1.54, 1.807) is 0 Å². The molecule has 0 unspecified atom stereocenters. The average Bonchev–Trinajstić information content (AvgIpc) is 3.20. The zero-order valence-corrected chi connectivity index (χ0v) is 12.8. The molecule has 3 N–H and O–H groups in total. The zero-order chi connectivity index (χ0) is 14.6. The van der Waals surface area contributed by atoms with E-state index in [-0.39, 0.29) is 12.0 Å². The van der Waals surface area contributed by atoms with E-state index in [1.807, 2.05) is 6.92 Å². The maximum Gasteiger partial charge on any atom is 0.134 e. The molecule has 112 valence electrons. The monoisotopic (exact) mass is 278 g/mol. The van der Waals surface area contributed by atoms with E-state index in [9.17, 15) is 0 Å². The molecule has 0 saturated heterocycles. The lowest BCUT2D eigenvalue weighted by atomic mass is 10.0. The predicted molar refractivity (Wildman–Crippen MR) is 82.2 cm³/mol. The van der Waals surface area contributed by atoms with Crippen molar-refractivity contribution in [3.63, 3.8) is 0 Å². The minimum Gasteiger partial charge on any atom is -0.396 e. The largest absolute Gasteiger partial charge is 0.396 e. The van der Waals surface area contributed by atoms with Crippen LogP contribution in [-0.4, -0.2) is 34.8 Å². The Balaban J connectivity index is 2.11. The molecule has 2 rings (SSSR count). The van der Waals surface area contributed by atoms with Gasteiger partial charge in [0.1, 0.15) is 17.5 Å². The molecule has 1 aromatic rings. The first kappa shape index (κ1) is 15.0. The van der Waals surface area contributed by atoms with E-state index in [0.29, 0.717) is 0 Å². The maximum atomic E-state index is 9.13. The summed E-state index contributed by atoms with van der Waals surface area (Å²) >= 11 is 0. The summed E-state index contributed by atoms with van der Waals surface area (Å²) in [7, 11) is 0. The number of rotatable bonds is 8. The third kappa shape index (κ3) is 3.39. The van der Waals surface area contributed by atoms with Gasteiger partial charge in [0.2, 0.25) is 0 Å². The molecular formula is C15H26N4O. The predicted octanol–water partition coefficient (Wildman–Crippen LogP) is 2.35. The molecule has 0 aliphatic heterocycles. The number of hydrogen-bond donors (Lipinski definition) is 3. The molecule has 1 fully saturated rings. The normalized spacial score (nSPS) is 16.0. The topological polar surface area (TPSA) is 70.1 Å². The Hall–Kier alpha value is -1.36. The highest BCUT2D eigenvalue weighted by Crippen LogP contribution is 2.48. The van der Waals surface area contributed by atoms with Gasteiger partial charge in [-0.1, -0.05) is 6.92 Å². The van der Waals surface area contributed by atoms with Crippen molar-refractivity contribution in [2.75, 3.05) is 30.3 Å². The van der Waals surface area contributed by atoms with Crippen LogP contribution >= 0.6 is 0 Å². The molecule has 1 saturated carbocycles. The molecule has 0 amide bonds. The van der Waals surface area contributed by atoms with Gasteiger partial charge in [0, 0.05) is 31.7 Å². The number of anilines is 2. The summed E-state index contributed by atoms with van der Waals surface area (Å²) < 4.78 is 0. The van der Waals surface area contributed by atoms with Gasteiger partial charge in [-0.3, -0.25) is 0 Å². The summed E-state index contributed by atoms with van der Waals surface area (Å²) in [4.78, 5) is 9.14. The van der Waals surface area contributed by atoms with Crippen molar-refractivity contribution in [3.8, 4) is 0 Å². The summed E-state index contributed by atoms with van der Waals surface area (Å²) in [5.74, 6) is 2.71. The van der Waals surface area contributed by atoms with E-state index in [0.717, 1.165) is 49.0 Å². The number of aliphatic hydroxyl groups excluding tert-OH is 1. The molecule has 0 spiro atoms. The lowest BCUT2D eigenvalue weighted by Gasteiger charge is -2.18. The highest BCUT2D eigenvalue weighted by atomic mass is 16.3. The zero-order valence-electron chi connectivity index (χ0n) is 12.8. The smallest absolute Gasteiger partial charge is 0.134 e. The highest BCUT2D eigenvalue weighted by molar-refractivity contribution is 5.57. The Morgan fingerprint density at radius 2 is 1.80 bits per heavy atom. The molecule has 5 heteroatoms. The molecule has 0 radical (unpaired) electrons. The fraction of sp³-hybridized carbons (Fsp3) is 0.733. The molecular weight excluding hydrogens is 252 g/mol. The minimum absolute atomic E-state index is 0.271. The van der Waals surface area contributed by atoms with Gasteiger partial charge in [0.25, 0.3) is 0 Å². The third-order valence-electron chi connectivity index (χ3n) is 4.08. The molecule has 1 heterocycles. The lowest BCUT2D eigenvalue weighted by Crippen LogP contribution is -2.19. The van der Waals surface area contributed by atoms with Crippen molar-refractivity contribution in [2.45, 2.75) is 46.5 Å². The van der Waals surface area contributed by atoms with Gasteiger partial charge in [0.05, 0.1) is 0 Å². The third-order valence-corrected chi connectivity index (χ3v) is 4.08. The first-order valence-electron chi connectivity index (χ1n) is 7.60. The van der Waals surface area contributed by atoms with Crippen molar-refractivity contribution in [2.24, 2.45) is 5.41 Å². The van der Waals surface area contributed by atoms with Gasteiger partial charge >= 0.3 is 0 Å². The van der Waals surface area contributed by atoms with Crippen molar-refractivity contribution >= 4 is 11.6 Å². The molecule has 0 atom stereocenters. The average molecular weight is 278 g/mol. The Morgan fingerprint density at radius 1 is 1.15 bits per heavy atom. The molecule has 1 aliphatic carbocycles. The molecule has 1 aliphatic rings. The summed E-state index contributed by atoms with van der Waals surface area (Å²) in [5.41, 5.74) is 1.36. The molecule has 0 bridgehead atoms. The van der Waals surface area contributed by atoms with Crippen LogP contribution in [0.4, 0.5) is 11.6 Å². The minimum atomic E-state index is 0.271. The second kappa shape index (κ2) is 6.39. The van der Waals surface area contributed by atoms with Gasteiger partial charge in [-0.2, -0.15) is 0 Å². The second-order valence-electron chi connectivity index (χ2n) is 5.67. The summed E-state index contributed by atoms with van der Waals surface area (Å²) in [5, 5.41) is 15.9. The fourth-order valence-corrected chi connectivity index (χ4v) is 2.43. The first-order valence-corrected chi connectivity index (χ1v) is 7.60. The first-order chi connectivity index (χ1) is 9.64. The number of hydrogen-bond acceptors (Lipinski definition) is 5. The summed E-state index contributed by atoms with van der Waals surface area (Å²) in [6.45, 7) is 8.20. The van der Waals surface area contributed by atoms with E-state index >= 15 is 0 Å². The Bertz CT molecular complexity index is 457. The quantitative estimate of drug-likeness (QED) is 0.681. The van der Waals surface area contributed by atoms with Crippen molar-refractivity contribution < 1.29 is 5.11 Å². The number of aliphatic hydroxyl groups is 1. The molecule has 1 aromatic heterocycles. The van der Waals surface area contributed by atoms with Gasteiger partial charge in [-0.25, -0.2) is 9.97 Å².